The Kier molecular flexibility index (Phi) is 10.8. The van der Waals surface area contributed by atoms with E-state index in [4.69, 9.17) is 0 Å². The lowest BCUT2D eigenvalue weighted by Crippen LogP contribution is -2.36. The maximum atomic E-state index is 2.56. The summed E-state index contributed by atoms with van der Waals surface area (Å²) in [6, 6.07) is 114. The lowest BCUT2D eigenvalue weighted by Gasteiger charge is -2.45. The first-order valence-electron chi connectivity index (χ1n) is 26.9. The summed E-state index contributed by atoms with van der Waals surface area (Å²) in [6.07, 6.45) is 0. The number of benzene rings is 13. The summed E-state index contributed by atoms with van der Waals surface area (Å²) in [4.78, 5) is 7.43. The van der Waals surface area contributed by atoms with Crippen LogP contribution in [0, 0.1) is 0 Å². The lowest BCUT2D eigenvalue weighted by atomic mass is 9.64. The Morgan fingerprint density at radius 2 is 0.551 bits per heavy atom. The van der Waals surface area contributed by atoms with E-state index < -0.39 is 5.41 Å². The van der Waals surface area contributed by atoms with E-state index in [0.717, 1.165) is 51.2 Å². The van der Waals surface area contributed by atoms with Crippen molar-refractivity contribution in [1.29, 1.82) is 0 Å². The van der Waals surface area contributed by atoms with E-state index in [1.54, 1.807) is 0 Å². The van der Waals surface area contributed by atoms with Crippen LogP contribution in [-0.2, 0) is 5.41 Å². The van der Waals surface area contributed by atoms with Gasteiger partial charge in [-0.25, -0.2) is 0 Å². The van der Waals surface area contributed by atoms with Crippen molar-refractivity contribution in [2.45, 2.75) is 5.41 Å². The Bertz CT molecular complexity index is 4080. The third-order valence-corrected chi connectivity index (χ3v) is 16.2. The van der Waals surface area contributed by atoms with Gasteiger partial charge in [-0.1, -0.05) is 224 Å². The summed E-state index contributed by atoms with van der Waals surface area (Å²) >= 11 is 0. The third-order valence-electron chi connectivity index (χ3n) is 16.2. The molecular weight excluding hydrogens is 943 g/mol. The number of hydrogen-bond donors (Lipinski definition) is 0. The molecule has 0 saturated carbocycles. The molecule has 1 heterocycles. The molecule has 366 valence electrons. The number of rotatable bonds is 9. The second kappa shape index (κ2) is 18.6. The summed E-state index contributed by atoms with van der Waals surface area (Å²) in [5.74, 6) is 0. The molecule has 0 unspecified atom stereocenters. The molecule has 78 heavy (non-hydrogen) atoms. The van der Waals surface area contributed by atoms with Gasteiger partial charge in [-0.2, -0.15) is 0 Å². The molecule has 0 fully saturated rings. The minimum absolute atomic E-state index is 0.806. The van der Waals surface area contributed by atoms with E-state index in [1.807, 2.05) is 0 Å². The zero-order valence-electron chi connectivity index (χ0n) is 42.8. The number of hydrogen-bond acceptors (Lipinski definition) is 3. The van der Waals surface area contributed by atoms with E-state index in [9.17, 15) is 0 Å². The van der Waals surface area contributed by atoms with Crippen molar-refractivity contribution in [2.24, 2.45) is 0 Å². The highest BCUT2D eigenvalue weighted by Crippen LogP contribution is 2.67. The molecule has 0 radical (unpaired) electrons. The molecule has 0 N–H and O–H groups in total. The summed E-state index contributed by atoms with van der Waals surface area (Å²) in [5, 5.41) is 4.77. The first-order valence-corrected chi connectivity index (χ1v) is 26.9. The van der Waals surface area contributed by atoms with Gasteiger partial charge in [0.1, 0.15) is 0 Å². The normalized spacial score (nSPS) is 12.7. The predicted molar refractivity (Wildman–Crippen MR) is 327 cm³/mol. The van der Waals surface area contributed by atoms with E-state index in [2.05, 4.69) is 324 Å². The van der Waals surface area contributed by atoms with E-state index >= 15 is 0 Å². The zero-order valence-corrected chi connectivity index (χ0v) is 42.8. The highest BCUT2D eigenvalue weighted by molar-refractivity contribution is 6.19. The molecular formula is C75H51N3. The van der Waals surface area contributed by atoms with Gasteiger partial charge < -0.3 is 14.7 Å². The van der Waals surface area contributed by atoms with Crippen molar-refractivity contribution < 1.29 is 0 Å². The lowest BCUT2D eigenvalue weighted by molar-refractivity contribution is 0.753. The van der Waals surface area contributed by atoms with Crippen LogP contribution in [-0.4, -0.2) is 0 Å². The fourth-order valence-electron chi connectivity index (χ4n) is 12.9. The molecule has 0 aromatic heterocycles. The average molecular weight is 994 g/mol. The van der Waals surface area contributed by atoms with Gasteiger partial charge in [0.25, 0.3) is 0 Å². The fourth-order valence-corrected chi connectivity index (χ4v) is 12.9. The van der Waals surface area contributed by atoms with Crippen LogP contribution in [0.3, 0.4) is 0 Å². The summed E-state index contributed by atoms with van der Waals surface area (Å²) in [6.45, 7) is 0. The van der Waals surface area contributed by atoms with Crippen LogP contribution in [0.25, 0.3) is 54.9 Å². The molecule has 2 aliphatic rings. The first-order chi connectivity index (χ1) is 38.7. The average Bonchev–Trinajstić information content (AvgIpc) is 2.42. The summed E-state index contributed by atoms with van der Waals surface area (Å²) < 4.78 is 0. The Morgan fingerprint density at radius 3 is 0.962 bits per heavy atom. The number of para-hydroxylation sites is 5. The van der Waals surface area contributed by atoms with Crippen molar-refractivity contribution in [3.8, 4) is 33.4 Å². The molecule has 3 nitrogen and oxygen atoms in total. The van der Waals surface area contributed by atoms with Gasteiger partial charge in [-0.05, 0) is 151 Å². The molecule has 13 aromatic carbocycles. The van der Waals surface area contributed by atoms with Gasteiger partial charge in [0, 0.05) is 39.2 Å². The largest absolute Gasteiger partial charge is 0.310 e. The monoisotopic (exact) mass is 993 g/mol. The van der Waals surface area contributed by atoms with Crippen LogP contribution in [0.2, 0.25) is 0 Å². The van der Waals surface area contributed by atoms with Crippen LogP contribution in [0.1, 0.15) is 22.3 Å². The van der Waals surface area contributed by atoms with E-state index in [0.29, 0.717) is 0 Å². The van der Waals surface area contributed by atoms with Crippen molar-refractivity contribution in [3.63, 3.8) is 0 Å². The van der Waals surface area contributed by atoms with Crippen LogP contribution in [0.5, 0.6) is 0 Å². The highest BCUT2D eigenvalue weighted by atomic mass is 15.2. The van der Waals surface area contributed by atoms with Crippen LogP contribution in [0.15, 0.2) is 309 Å². The van der Waals surface area contributed by atoms with Gasteiger partial charge in [-0.15, -0.1) is 0 Å². The molecule has 15 rings (SSSR count). The molecule has 0 saturated heterocycles. The quantitative estimate of drug-likeness (QED) is 0.143. The fraction of sp³-hybridized carbons (Fsp3) is 0.0133. The Hall–Kier alpha value is -10.2. The standard InChI is InChI=1S/C75H51N3/c1-6-24-52(25-7-1)54-42-46-59(47-43-54)76(56-28-10-3-11-29-56)71-50-67-73(63-36-18-16-34-61(63)71)74-64-37-19-17-35-62(64)72(77(57-30-12-4-13-31-57)60-48-44-55(45-49-60)53-26-8-2-9-27-53)51-68(74)75(67)65-38-20-22-40-69(65)78(58-32-14-5-15-33-58)70-41-23-21-39-66(70)75/h1-51H. The molecule has 0 bridgehead atoms. The minimum atomic E-state index is -0.806. The predicted octanol–water partition coefficient (Wildman–Crippen LogP) is 20.4. The number of fused-ring (bicyclic) bond motifs is 13. The minimum Gasteiger partial charge on any atom is -0.310 e. The molecule has 3 heteroatoms. The smallest absolute Gasteiger partial charge is 0.0756 e. The molecule has 1 aliphatic carbocycles. The van der Waals surface area contributed by atoms with Crippen LogP contribution >= 0.6 is 0 Å². The van der Waals surface area contributed by atoms with Gasteiger partial charge in [-0.3, -0.25) is 0 Å². The zero-order chi connectivity index (χ0) is 51.6. The Morgan fingerprint density at radius 1 is 0.244 bits per heavy atom. The van der Waals surface area contributed by atoms with E-state index in [-0.39, 0.29) is 0 Å². The van der Waals surface area contributed by atoms with Crippen LogP contribution in [0.4, 0.5) is 51.2 Å². The SMILES string of the molecule is c1ccc(-c2ccc(N(c3ccccc3)c3cc4c(c5ccccc35)-c3c(cc(N(c5ccccc5)c5ccc(-c6ccccc6)cc5)c5ccccc35)C43c4ccccc4N(c4ccccc4)c4ccccc43)cc2)cc1. The molecule has 0 atom stereocenters. The Labute approximate surface area is 455 Å². The summed E-state index contributed by atoms with van der Waals surface area (Å²) in [5.41, 5.74) is 21.4. The van der Waals surface area contributed by atoms with Gasteiger partial charge in [0.2, 0.25) is 0 Å². The number of nitrogens with zero attached hydrogens (tertiary/aromatic N) is 3. The van der Waals surface area contributed by atoms with Crippen molar-refractivity contribution >= 4 is 72.7 Å². The number of anilines is 9. The highest BCUT2D eigenvalue weighted by Gasteiger charge is 2.53. The van der Waals surface area contributed by atoms with Gasteiger partial charge >= 0.3 is 0 Å². The topological polar surface area (TPSA) is 9.72 Å². The van der Waals surface area contributed by atoms with Crippen molar-refractivity contribution in [3.05, 3.63) is 332 Å². The molecule has 0 amide bonds. The summed E-state index contributed by atoms with van der Waals surface area (Å²) in [7, 11) is 0. The van der Waals surface area contributed by atoms with E-state index in [1.165, 1.54) is 77.2 Å². The Balaban J connectivity index is 1.07. The van der Waals surface area contributed by atoms with Crippen molar-refractivity contribution in [1.82, 2.24) is 0 Å². The second-order valence-electron chi connectivity index (χ2n) is 20.4. The third kappa shape index (κ3) is 7.06. The van der Waals surface area contributed by atoms with Crippen LogP contribution < -0.4 is 14.7 Å². The molecule has 13 aromatic rings. The van der Waals surface area contributed by atoms with Gasteiger partial charge in [0.15, 0.2) is 0 Å². The van der Waals surface area contributed by atoms with Gasteiger partial charge in [0.05, 0.1) is 28.2 Å². The second-order valence-corrected chi connectivity index (χ2v) is 20.4. The molecule has 1 aliphatic heterocycles. The maximum Gasteiger partial charge on any atom is 0.0756 e. The van der Waals surface area contributed by atoms with Crippen molar-refractivity contribution in [2.75, 3.05) is 14.7 Å². The molecule has 1 spiro atoms. The maximum absolute atomic E-state index is 2.56. The first kappa shape index (κ1) is 45.2.